The van der Waals surface area contributed by atoms with Crippen molar-refractivity contribution >= 4 is 0 Å². The lowest BCUT2D eigenvalue weighted by atomic mass is 9.49. The molecule has 4 rings (SSSR count). The van der Waals surface area contributed by atoms with Gasteiger partial charge >= 0.3 is 0 Å². The van der Waals surface area contributed by atoms with Crippen molar-refractivity contribution in [2.24, 2.45) is 22.7 Å². The van der Waals surface area contributed by atoms with Crippen LogP contribution in [0.3, 0.4) is 0 Å². The third-order valence-electron chi connectivity index (χ3n) is 8.49. The van der Waals surface area contributed by atoms with Gasteiger partial charge in [-0.3, -0.25) is 0 Å². The van der Waals surface area contributed by atoms with E-state index in [0.29, 0.717) is 12.3 Å². The van der Waals surface area contributed by atoms with Gasteiger partial charge in [-0.1, -0.05) is 37.1 Å². The molecule has 0 radical (unpaired) electrons. The molecule has 0 aliphatic heterocycles. The Kier molecular flexibility index (Phi) is 4.01. The Morgan fingerprint density at radius 2 is 1.80 bits per heavy atom. The van der Waals surface area contributed by atoms with Gasteiger partial charge in [0.25, 0.3) is 0 Å². The zero-order valence-corrected chi connectivity index (χ0v) is 15.4. The highest BCUT2D eigenvalue weighted by Gasteiger charge is 2.64. The first-order chi connectivity index (χ1) is 11.8. The van der Waals surface area contributed by atoms with Gasteiger partial charge in [-0.25, -0.2) is 0 Å². The summed E-state index contributed by atoms with van der Waals surface area (Å²) in [5.41, 5.74) is 1.35. The molecule has 4 aliphatic carbocycles. The maximum absolute atomic E-state index is 11.3. The molecule has 3 saturated carbocycles. The fraction of sp³-hybridized carbons (Fsp3) is 0.810. The summed E-state index contributed by atoms with van der Waals surface area (Å²) in [5, 5.41) is 41.1. The Morgan fingerprint density at radius 3 is 2.52 bits per heavy atom. The number of hydrogen-bond donors (Lipinski definition) is 4. The first-order valence-corrected chi connectivity index (χ1v) is 9.87. The lowest BCUT2D eigenvalue weighted by molar-refractivity contribution is -0.165. The number of allylic oxidation sites excluding steroid dienone is 3. The third kappa shape index (κ3) is 2.21. The topological polar surface area (TPSA) is 80.9 Å². The van der Waals surface area contributed by atoms with Crippen LogP contribution in [0, 0.1) is 22.7 Å². The van der Waals surface area contributed by atoms with E-state index in [0.717, 1.165) is 38.5 Å². The molecule has 0 aromatic rings. The summed E-state index contributed by atoms with van der Waals surface area (Å²) in [6.07, 6.45) is 9.16. The predicted octanol–water partition coefficient (Wildman–Crippen LogP) is 2.31. The fourth-order valence-electron chi connectivity index (χ4n) is 6.74. The van der Waals surface area contributed by atoms with Crippen molar-refractivity contribution in [2.75, 3.05) is 6.61 Å². The standard InChI is InChI=1S/C21H32O4/c1-19-8-5-14(23)11-13(19)3-4-15-16(19)6-9-20(2)17(15)7-10-21(20,25)18(24)12-22/h3-4,14,16-18,22-25H,5-12H2,1-2H3/t14-,16-,17-,18+,19-,20-,21-/m0/s1. The van der Waals surface area contributed by atoms with Gasteiger partial charge in [-0.2, -0.15) is 0 Å². The van der Waals surface area contributed by atoms with Crippen molar-refractivity contribution in [3.8, 4) is 0 Å². The lowest BCUT2D eigenvalue weighted by Crippen LogP contribution is -2.57. The molecule has 0 aromatic heterocycles. The fourth-order valence-corrected chi connectivity index (χ4v) is 6.74. The molecular weight excluding hydrogens is 316 g/mol. The Bertz CT molecular complexity index is 625. The summed E-state index contributed by atoms with van der Waals surface area (Å²) < 4.78 is 0. The Morgan fingerprint density at radius 1 is 1.08 bits per heavy atom. The van der Waals surface area contributed by atoms with E-state index >= 15 is 0 Å². The van der Waals surface area contributed by atoms with Crippen LogP contribution in [0.25, 0.3) is 0 Å². The zero-order chi connectivity index (χ0) is 18.0. The summed E-state index contributed by atoms with van der Waals surface area (Å²) in [6.45, 7) is 4.07. The summed E-state index contributed by atoms with van der Waals surface area (Å²) in [7, 11) is 0. The van der Waals surface area contributed by atoms with Crippen LogP contribution in [0.1, 0.15) is 58.8 Å². The quantitative estimate of drug-likeness (QED) is 0.617. The smallest absolute Gasteiger partial charge is 0.106 e. The first-order valence-electron chi connectivity index (χ1n) is 9.87. The second kappa shape index (κ2) is 5.66. The number of hydrogen-bond acceptors (Lipinski definition) is 4. The van der Waals surface area contributed by atoms with Gasteiger partial charge in [0.2, 0.25) is 0 Å². The van der Waals surface area contributed by atoms with Crippen LogP contribution in [0.2, 0.25) is 0 Å². The minimum absolute atomic E-state index is 0.126. The highest BCUT2D eigenvalue weighted by molar-refractivity contribution is 5.39. The molecule has 4 N–H and O–H groups in total. The van der Waals surface area contributed by atoms with Gasteiger partial charge in [0.15, 0.2) is 0 Å². The van der Waals surface area contributed by atoms with E-state index in [1.807, 2.05) is 0 Å². The van der Waals surface area contributed by atoms with E-state index in [-0.39, 0.29) is 29.5 Å². The van der Waals surface area contributed by atoms with Crippen LogP contribution >= 0.6 is 0 Å². The largest absolute Gasteiger partial charge is 0.394 e. The van der Waals surface area contributed by atoms with Crippen molar-refractivity contribution in [1.29, 1.82) is 0 Å². The summed E-state index contributed by atoms with van der Waals surface area (Å²) in [5.74, 6) is 0.741. The number of fused-ring (bicyclic) bond motifs is 5. The van der Waals surface area contributed by atoms with Crippen molar-refractivity contribution in [2.45, 2.75) is 76.6 Å². The maximum atomic E-state index is 11.3. The third-order valence-corrected chi connectivity index (χ3v) is 8.49. The van der Waals surface area contributed by atoms with Crippen molar-refractivity contribution in [1.82, 2.24) is 0 Å². The van der Waals surface area contributed by atoms with Crippen molar-refractivity contribution < 1.29 is 20.4 Å². The monoisotopic (exact) mass is 348 g/mol. The van der Waals surface area contributed by atoms with E-state index in [2.05, 4.69) is 26.0 Å². The molecule has 7 atom stereocenters. The highest BCUT2D eigenvalue weighted by atomic mass is 16.4. The zero-order valence-electron chi connectivity index (χ0n) is 15.4. The number of aliphatic hydroxyl groups excluding tert-OH is 3. The minimum atomic E-state index is -1.20. The van der Waals surface area contributed by atoms with Crippen LogP contribution in [0.4, 0.5) is 0 Å². The molecule has 3 fully saturated rings. The number of rotatable bonds is 2. The molecule has 4 heteroatoms. The molecule has 140 valence electrons. The molecular formula is C21H32O4. The second-order valence-corrected chi connectivity index (χ2v) is 9.40. The number of aliphatic hydroxyl groups is 4. The van der Waals surface area contributed by atoms with Gasteiger partial charge in [0.05, 0.1) is 18.3 Å². The molecule has 0 heterocycles. The van der Waals surface area contributed by atoms with E-state index < -0.39 is 11.7 Å². The average molecular weight is 348 g/mol. The Balaban J connectivity index is 1.72. The van der Waals surface area contributed by atoms with Crippen LogP contribution in [0.5, 0.6) is 0 Å². The molecule has 0 amide bonds. The van der Waals surface area contributed by atoms with Gasteiger partial charge in [0.1, 0.15) is 6.10 Å². The van der Waals surface area contributed by atoms with Crippen molar-refractivity contribution in [3.05, 3.63) is 23.3 Å². The molecule has 25 heavy (non-hydrogen) atoms. The Labute approximate surface area is 150 Å². The van der Waals surface area contributed by atoms with Gasteiger partial charge in [0, 0.05) is 5.41 Å². The van der Waals surface area contributed by atoms with E-state index in [1.54, 1.807) is 0 Å². The van der Waals surface area contributed by atoms with Crippen molar-refractivity contribution in [3.63, 3.8) is 0 Å². The van der Waals surface area contributed by atoms with E-state index in [9.17, 15) is 20.4 Å². The molecule has 0 bridgehead atoms. The minimum Gasteiger partial charge on any atom is -0.394 e. The Hall–Kier alpha value is -0.680. The van der Waals surface area contributed by atoms with E-state index in [1.165, 1.54) is 11.1 Å². The summed E-state index contributed by atoms with van der Waals surface area (Å²) in [6, 6.07) is 0. The summed E-state index contributed by atoms with van der Waals surface area (Å²) >= 11 is 0. The summed E-state index contributed by atoms with van der Waals surface area (Å²) in [4.78, 5) is 0. The van der Waals surface area contributed by atoms with Gasteiger partial charge in [-0.05, 0) is 62.2 Å². The average Bonchev–Trinajstić information content (AvgIpc) is 2.87. The molecule has 4 nitrogen and oxygen atoms in total. The first kappa shape index (κ1) is 17.7. The normalized spacial score (nSPS) is 50.2. The van der Waals surface area contributed by atoms with E-state index in [4.69, 9.17) is 0 Å². The molecule has 0 saturated heterocycles. The molecule has 4 aliphatic rings. The van der Waals surface area contributed by atoms with Gasteiger partial charge in [-0.15, -0.1) is 0 Å². The van der Waals surface area contributed by atoms with Crippen LogP contribution in [-0.2, 0) is 0 Å². The predicted molar refractivity (Wildman–Crippen MR) is 95.7 cm³/mol. The molecule has 0 spiro atoms. The SMILES string of the molecule is C[C@]12CC[C@H](O)CC1=CC=C1[C@@H]2CC[C@@]2(C)[C@H]1CC[C@]2(O)[C@H](O)CO. The second-order valence-electron chi connectivity index (χ2n) is 9.40. The van der Waals surface area contributed by atoms with Crippen LogP contribution in [0.15, 0.2) is 23.3 Å². The van der Waals surface area contributed by atoms with Gasteiger partial charge < -0.3 is 20.4 Å². The molecule has 0 aromatic carbocycles. The lowest BCUT2D eigenvalue weighted by Gasteiger charge is -2.56. The molecule has 0 unspecified atom stereocenters. The maximum Gasteiger partial charge on any atom is 0.106 e. The highest BCUT2D eigenvalue weighted by Crippen LogP contribution is 2.66. The van der Waals surface area contributed by atoms with Crippen LogP contribution in [-0.4, -0.2) is 44.8 Å². The van der Waals surface area contributed by atoms with Crippen LogP contribution < -0.4 is 0 Å².